The Bertz CT molecular complexity index is 418. The fourth-order valence-corrected chi connectivity index (χ4v) is 3.22. The van der Waals surface area contributed by atoms with Gasteiger partial charge in [0, 0.05) is 0 Å². The third kappa shape index (κ3) is 2.43. The molecule has 1 aromatic carbocycles. The van der Waals surface area contributed by atoms with E-state index in [-0.39, 0.29) is 0 Å². The molecule has 1 aliphatic rings. The Morgan fingerprint density at radius 3 is 2.71 bits per heavy atom. The third-order valence-electron chi connectivity index (χ3n) is 2.89. The van der Waals surface area contributed by atoms with Gasteiger partial charge < -0.3 is 15.2 Å². The van der Waals surface area contributed by atoms with Crippen LogP contribution in [-0.2, 0) is 6.42 Å². The summed E-state index contributed by atoms with van der Waals surface area (Å²) in [5, 5.41) is 0. The number of ether oxygens (including phenoxy) is 2. The molecule has 1 aromatic rings. The molecule has 0 fully saturated rings. The van der Waals surface area contributed by atoms with Crippen LogP contribution in [0.25, 0.3) is 0 Å². The molecule has 3 nitrogen and oxygen atoms in total. The standard InChI is InChI=1S/C13H18BrNO2/c1-8(2)11-9(3-4-15)7-10-13(12(11)14)17-6-5-16-10/h7-8H,3-6,15H2,1-2H3. The fourth-order valence-electron chi connectivity index (χ4n) is 2.20. The first-order chi connectivity index (χ1) is 8.15. The van der Waals surface area contributed by atoms with Crippen molar-refractivity contribution in [3.8, 4) is 11.5 Å². The smallest absolute Gasteiger partial charge is 0.175 e. The van der Waals surface area contributed by atoms with Crippen molar-refractivity contribution in [3.05, 3.63) is 21.7 Å². The molecule has 0 amide bonds. The predicted molar refractivity (Wildman–Crippen MR) is 72.0 cm³/mol. The first-order valence-electron chi connectivity index (χ1n) is 5.96. The molecule has 2 N–H and O–H groups in total. The Hall–Kier alpha value is -0.740. The number of nitrogens with two attached hydrogens (primary N) is 1. The van der Waals surface area contributed by atoms with Crippen molar-refractivity contribution in [1.29, 1.82) is 0 Å². The van der Waals surface area contributed by atoms with E-state index in [1.165, 1.54) is 11.1 Å². The number of hydrogen-bond donors (Lipinski definition) is 1. The van der Waals surface area contributed by atoms with Crippen molar-refractivity contribution < 1.29 is 9.47 Å². The molecule has 0 spiro atoms. The van der Waals surface area contributed by atoms with Crippen LogP contribution in [-0.4, -0.2) is 19.8 Å². The molecule has 2 rings (SSSR count). The number of halogens is 1. The van der Waals surface area contributed by atoms with E-state index in [9.17, 15) is 0 Å². The van der Waals surface area contributed by atoms with Gasteiger partial charge in [-0.3, -0.25) is 0 Å². The molecular formula is C13H18BrNO2. The van der Waals surface area contributed by atoms with Gasteiger partial charge in [0.05, 0.1) is 4.47 Å². The van der Waals surface area contributed by atoms with Crippen LogP contribution in [0.5, 0.6) is 11.5 Å². The molecule has 0 saturated heterocycles. The van der Waals surface area contributed by atoms with Crippen LogP contribution in [0.1, 0.15) is 30.9 Å². The Morgan fingerprint density at radius 1 is 1.35 bits per heavy atom. The molecular weight excluding hydrogens is 282 g/mol. The van der Waals surface area contributed by atoms with Crippen molar-refractivity contribution in [3.63, 3.8) is 0 Å². The first-order valence-corrected chi connectivity index (χ1v) is 6.75. The molecule has 0 unspecified atom stereocenters. The van der Waals surface area contributed by atoms with E-state index in [1.807, 2.05) is 0 Å². The highest BCUT2D eigenvalue weighted by Crippen LogP contribution is 2.44. The minimum atomic E-state index is 0.432. The molecule has 1 heterocycles. The molecule has 17 heavy (non-hydrogen) atoms. The van der Waals surface area contributed by atoms with Gasteiger partial charge in [-0.25, -0.2) is 0 Å². The molecule has 1 aliphatic heterocycles. The van der Waals surface area contributed by atoms with E-state index in [0.29, 0.717) is 25.7 Å². The zero-order valence-electron chi connectivity index (χ0n) is 10.3. The summed E-state index contributed by atoms with van der Waals surface area (Å²) in [5.74, 6) is 2.10. The average Bonchev–Trinajstić information content (AvgIpc) is 2.29. The number of benzene rings is 1. The Labute approximate surface area is 110 Å². The fraction of sp³-hybridized carbons (Fsp3) is 0.538. The zero-order valence-corrected chi connectivity index (χ0v) is 11.8. The number of rotatable bonds is 3. The number of fused-ring (bicyclic) bond motifs is 1. The monoisotopic (exact) mass is 299 g/mol. The summed E-state index contributed by atoms with van der Waals surface area (Å²) in [6.45, 7) is 6.22. The lowest BCUT2D eigenvalue weighted by atomic mass is 9.94. The third-order valence-corrected chi connectivity index (χ3v) is 3.68. The highest BCUT2D eigenvalue weighted by molar-refractivity contribution is 9.10. The molecule has 0 radical (unpaired) electrons. The van der Waals surface area contributed by atoms with Crippen molar-refractivity contribution >= 4 is 15.9 Å². The summed E-state index contributed by atoms with van der Waals surface area (Å²) < 4.78 is 12.3. The van der Waals surface area contributed by atoms with Crippen LogP contribution < -0.4 is 15.2 Å². The first kappa shape index (κ1) is 12.7. The lowest BCUT2D eigenvalue weighted by molar-refractivity contribution is 0.170. The van der Waals surface area contributed by atoms with Crippen molar-refractivity contribution in [1.82, 2.24) is 0 Å². The second-order valence-corrected chi connectivity index (χ2v) is 5.27. The lowest BCUT2D eigenvalue weighted by Gasteiger charge is -2.24. The van der Waals surface area contributed by atoms with Gasteiger partial charge in [0.15, 0.2) is 11.5 Å². The average molecular weight is 300 g/mol. The van der Waals surface area contributed by atoms with Crippen LogP contribution in [0.4, 0.5) is 0 Å². The van der Waals surface area contributed by atoms with Gasteiger partial charge in [0.25, 0.3) is 0 Å². The molecule has 0 saturated carbocycles. The zero-order chi connectivity index (χ0) is 12.4. The van der Waals surface area contributed by atoms with Gasteiger partial charge >= 0.3 is 0 Å². The molecule has 0 aliphatic carbocycles. The minimum Gasteiger partial charge on any atom is -0.486 e. The number of hydrogen-bond acceptors (Lipinski definition) is 3. The van der Waals surface area contributed by atoms with Gasteiger partial charge in [-0.2, -0.15) is 0 Å². The predicted octanol–water partition coefficient (Wildman–Crippen LogP) is 2.84. The Morgan fingerprint density at radius 2 is 2.06 bits per heavy atom. The second-order valence-electron chi connectivity index (χ2n) is 4.48. The van der Waals surface area contributed by atoms with E-state index < -0.39 is 0 Å². The van der Waals surface area contributed by atoms with E-state index in [0.717, 1.165) is 22.4 Å². The van der Waals surface area contributed by atoms with E-state index in [1.54, 1.807) is 0 Å². The van der Waals surface area contributed by atoms with Gasteiger partial charge in [0.1, 0.15) is 13.2 Å². The summed E-state index contributed by atoms with van der Waals surface area (Å²) in [5.41, 5.74) is 8.19. The van der Waals surface area contributed by atoms with Crippen LogP contribution in [0.15, 0.2) is 10.5 Å². The van der Waals surface area contributed by atoms with Crippen LogP contribution in [0, 0.1) is 0 Å². The molecule has 0 bridgehead atoms. The summed E-state index contributed by atoms with van der Waals surface area (Å²) >= 11 is 3.64. The van der Waals surface area contributed by atoms with Crippen LogP contribution >= 0.6 is 15.9 Å². The summed E-state index contributed by atoms with van der Waals surface area (Å²) in [6.07, 6.45) is 0.864. The quantitative estimate of drug-likeness (QED) is 0.933. The van der Waals surface area contributed by atoms with Crippen molar-refractivity contribution in [2.75, 3.05) is 19.8 Å². The summed E-state index contributed by atoms with van der Waals surface area (Å²) in [6, 6.07) is 2.07. The van der Waals surface area contributed by atoms with Gasteiger partial charge in [0.2, 0.25) is 0 Å². The molecule has 0 atom stereocenters. The molecule has 94 valence electrons. The van der Waals surface area contributed by atoms with Gasteiger partial charge in [-0.05, 0) is 52.0 Å². The van der Waals surface area contributed by atoms with Crippen LogP contribution in [0.2, 0.25) is 0 Å². The Balaban J connectivity index is 2.55. The normalized spacial score (nSPS) is 14.2. The summed E-state index contributed by atoms with van der Waals surface area (Å²) in [7, 11) is 0. The second kappa shape index (κ2) is 5.27. The minimum absolute atomic E-state index is 0.432. The van der Waals surface area contributed by atoms with E-state index in [2.05, 4.69) is 35.8 Å². The SMILES string of the molecule is CC(C)c1c(CCN)cc2c(c1Br)OCCO2. The summed E-state index contributed by atoms with van der Waals surface area (Å²) in [4.78, 5) is 0. The highest BCUT2D eigenvalue weighted by Gasteiger charge is 2.22. The van der Waals surface area contributed by atoms with E-state index >= 15 is 0 Å². The van der Waals surface area contributed by atoms with E-state index in [4.69, 9.17) is 15.2 Å². The van der Waals surface area contributed by atoms with Crippen molar-refractivity contribution in [2.45, 2.75) is 26.2 Å². The highest BCUT2D eigenvalue weighted by atomic mass is 79.9. The van der Waals surface area contributed by atoms with Gasteiger partial charge in [-0.15, -0.1) is 0 Å². The molecule has 0 aromatic heterocycles. The largest absolute Gasteiger partial charge is 0.486 e. The maximum atomic E-state index is 5.68. The maximum Gasteiger partial charge on any atom is 0.175 e. The molecule has 4 heteroatoms. The Kier molecular flexibility index (Phi) is 3.94. The van der Waals surface area contributed by atoms with Crippen molar-refractivity contribution in [2.24, 2.45) is 5.73 Å². The van der Waals surface area contributed by atoms with Crippen LogP contribution in [0.3, 0.4) is 0 Å². The lowest BCUT2D eigenvalue weighted by Crippen LogP contribution is -2.17. The van der Waals surface area contributed by atoms with Gasteiger partial charge in [-0.1, -0.05) is 13.8 Å². The maximum absolute atomic E-state index is 5.68. The topological polar surface area (TPSA) is 44.5 Å².